The molecule has 1 atom stereocenters. The number of hydrogen-bond acceptors (Lipinski definition) is 2. The Morgan fingerprint density at radius 3 is 1.92 bits per heavy atom. The van der Waals surface area contributed by atoms with Crippen molar-refractivity contribution in [3.05, 3.63) is 0 Å². The van der Waals surface area contributed by atoms with Crippen LogP contribution in [0.25, 0.3) is 0 Å². The van der Waals surface area contributed by atoms with Crippen LogP contribution in [0, 0.1) is 5.41 Å². The van der Waals surface area contributed by atoms with Crippen molar-refractivity contribution in [1.29, 1.82) is 0 Å². The fourth-order valence-corrected chi connectivity index (χ4v) is 2.24. The van der Waals surface area contributed by atoms with Crippen molar-refractivity contribution in [2.45, 2.75) is 64.6 Å². The van der Waals surface area contributed by atoms with E-state index in [9.17, 15) is 10.2 Å². The van der Waals surface area contributed by atoms with Gasteiger partial charge in [0.25, 0.3) is 0 Å². The molecule has 0 bridgehead atoms. The molecule has 78 valence electrons. The van der Waals surface area contributed by atoms with Gasteiger partial charge in [0.1, 0.15) is 0 Å². The molecule has 0 heterocycles. The number of rotatable bonds is 1. The summed E-state index contributed by atoms with van der Waals surface area (Å²) in [6, 6.07) is 0. The van der Waals surface area contributed by atoms with Crippen LogP contribution in [0.1, 0.15) is 52.9 Å². The predicted molar refractivity (Wildman–Crippen MR) is 53.5 cm³/mol. The first-order valence-electron chi connectivity index (χ1n) is 5.27. The van der Waals surface area contributed by atoms with Gasteiger partial charge in [-0.2, -0.15) is 0 Å². The van der Waals surface area contributed by atoms with Gasteiger partial charge >= 0.3 is 0 Å². The molecule has 2 nitrogen and oxygen atoms in total. The summed E-state index contributed by atoms with van der Waals surface area (Å²) in [6.45, 7) is 5.93. The van der Waals surface area contributed by atoms with Gasteiger partial charge in [0.05, 0.1) is 11.7 Å². The first kappa shape index (κ1) is 11.0. The highest BCUT2D eigenvalue weighted by Gasteiger charge is 2.42. The second kappa shape index (κ2) is 3.58. The molecule has 1 aliphatic rings. The van der Waals surface area contributed by atoms with E-state index in [1.807, 2.05) is 20.8 Å². The second-order valence-electron chi connectivity index (χ2n) is 5.43. The summed E-state index contributed by atoms with van der Waals surface area (Å²) >= 11 is 0. The average Bonchev–Trinajstić information content (AvgIpc) is 2.03. The third-order valence-electron chi connectivity index (χ3n) is 3.05. The SMILES string of the molecule is CC(C)(C)C(O)C1(O)CCCCC1. The summed E-state index contributed by atoms with van der Waals surface area (Å²) in [5, 5.41) is 20.2. The number of aliphatic hydroxyl groups excluding tert-OH is 1. The van der Waals surface area contributed by atoms with Gasteiger partial charge in [-0.15, -0.1) is 0 Å². The third kappa shape index (κ3) is 2.44. The first-order chi connectivity index (χ1) is 5.86. The molecule has 2 heteroatoms. The fourth-order valence-electron chi connectivity index (χ4n) is 2.24. The Hall–Kier alpha value is -0.0800. The Morgan fingerprint density at radius 1 is 1.08 bits per heavy atom. The Bertz CT molecular complexity index is 163. The molecule has 1 unspecified atom stereocenters. The maximum atomic E-state index is 10.2. The average molecular weight is 186 g/mol. The molecule has 0 spiro atoms. The monoisotopic (exact) mass is 186 g/mol. The maximum absolute atomic E-state index is 10.2. The predicted octanol–water partition coefficient (Wildman–Crippen LogP) is 2.09. The summed E-state index contributed by atoms with van der Waals surface area (Å²) < 4.78 is 0. The minimum atomic E-state index is -0.823. The molecular weight excluding hydrogens is 164 g/mol. The van der Waals surface area contributed by atoms with Gasteiger partial charge in [-0.05, 0) is 18.3 Å². The third-order valence-corrected chi connectivity index (χ3v) is 3.05. The maximum Gasteiger partial charge on any atom is 0.0910 e. The highest BCUT2D eigenvalue weighted by Crippen LogP contribution is 2.37. The molecule has 0 saturated heterocycles. The highest BCUT2D eigenvalue weighted by molar-refractivity contribution is 4.94. The Kier molecular flexibility index (Phi) is 3.03. The van der Waals surface area contributed by atoms with Gasteiger partial charge in [-0.25, -0.2) is 0 Å². The van der Waals surface area contributed by atoms with Crippen molar-refractivity contribution in [3.8, 4) is 0 Å². The van der Waals surface area contributed by atoms with Crippen LogP contribution < -0.4 is 0 Å². The van der Waals surface area contributed by atoms with Crippen molar-refractivity contribution >= 4 is 0 Å². The fraction of sp³-hybridized carbons (Fsp3) is 1.00. The molecule has 1 aliphatic carbocycles. The molecule has 0 amide bonds. The standard InChI is InChI=1S/C11H22O2/c1-10(2,3)9(12)11(13)7-5-4-6-8-11/h9,12-13H,4-8H2,1-3H3. The zero-order valence-corrected chi connectivity index (χ0v) is 9.01. The van der Waals surface area contributed by atoms with E-state index in [4.69, 9.17) is 0 Å². The van der Waals surface area contributed by atoms with Crippen LogP contribution in [-0.2, 0) is 0 Å². The molecule has 0 aliphatic heterocycles. The van der Waals surface area contributed by atoms with Crippen molar-refractivity contribution in [2.75, 3.05) is 0 Å². The van der Waals surface area contributed by atoms with E-state index in [1.165, 1.54) is 6.42 Å². The molecule has 0 aromatic heterocycles. The van der Waals surface area contributed by atoms with Gasteiger partial charge in [-0.1, -0.05) is 40.0 Å². The van der Waals surface area contributed by atoms with E-state index >= 15 is 0 Å². The van der Waals surface area contributed by atoms with E-state index in [0.717, 1.165) is 25.7 Å². The van der Waals surface area contributed by atoms with E-state index in [0.29, 0.717) is 0 Å². The first-order valence-corrected chi connectivity index (χ1v) is 5.27. The normalized spacial score (nSPS) is 25.6. The van der Waals surface area contributed by atoms with Crippen molar-refractivity contribution in [2.24, 2.45) is 5.41 Å². The van der Waals surface area contributed by atoms with Crippen LogP contribution in [0.15, 0.2) is 0 Å². The summed E-state index contributed by atoms with van der Waals surface area (Å²) in [6.07, 6.45) is 4.20. The molecular formula is C11H22O2. The lowest BCUT2D eigenvalue weighted by Crippen LogP contribution is -2.50. The van der Waals surface area contributed by atoms with Crippen LogP contribution in [-0.4, -0.2) is 21.9 Å². The number of hydrogen-bond donors (Lipinski definition) is 2. The van der Waals surface area contributed by atoms with E-state index < -0.39 is 11.7 Å². The molecule has 13 heavy (non-hydrogen) atoms. The lowest BCUT2D eigenvalue weighted by atomic mass is 9.72. The van der Waals surface area contributed by atoms with Crippen LogP contribution >= 0.6 is 0 Å². The molecule has 2 N–H and O–H groups in total. The van der Waals surface area contributed by atoms with E-state index in [1.54, 1.807) is 0 Å². The topological polar surface area (TPSA) is 40.5 Å². The lowest BCUT2D eigenvalue weighted by Gasteiger charge is -2.42. The zero-order valence-electron chi connectivity index (χ0n) is 9.01. The lowest BCUT2D eigenvalue weighted by molar-refractivity contribution is -0.137. The van der Waals surface area contributed by atoms with Gasteiger partial charge in [0.2, 0.25) is 0 Å². The van der Waals surface area contributed by atoms with Crippen LogP contribution in [0.4, 0.5) is 0 Å². The molecule has 0 radical (unpaired) electrons. The molecule has 0 aromatic rings. The summed E-state index contributed by atoms with van der Waals surface area (Å²) in [7, 11) is 0. The van der Waals surface area contributed by atoms with Gasteiger partial charge in [0, 0.05) is 0 Å². The van der Waals surface area contributed by atoms with E-state index in [2.05, 4.69) is 0 Å². The summed E-state index contributed by atoms with van der Waals surface area (Å²) in [4.78, 5) is 0. The van der Waals surface area contributed by atoms with Gasteiger partial charge < -0.3 is 10.2 Å². The van der Waals surface area contributed by atoms with Gasteiger partial charge in [-0.3, -0.25) is 0 Å². The van der Waals surface area contributed by atoms with Crippen LogP contribution in [0.5, 0.6) is 0 Å². The summed E-state index contributed by atoms with van der Waals surface area (Å²) in [5.41, 5.74) is -1.04. The van der Waals surface area contributed by atoms with Crippen molar-refractivity contribution in [1.82, 2.24) is 0 Å². The smallest absolute Gasteiger partial charge is 0.0910 e. The largest absolute Gasteiger partial charge is 0.390 e. The molecule has 0 aromatic carbocycles. The Morgan fingerprint density at radius 2 is 1.54 bits per heavy atom. The number of aliphatic hydroxyl groups is 2. The molecule has 1 fully saturated rings. The minimum Gasteiger partial charge on any atom is -0.390 e. The molecule has 1 saturated carbocycles. The zero-order chi connectivity index (χ0) is 10.1. The summed E-state index contributed by atoms with van der Waals surface area (Å²) in [5.74, 6) is 0. The van der Waals surface area contributed by atoms with Crippen LogP contribution in [0.2, 0.25) is 0 Å². The van der Waals surface area contributed by atoms with Crippen molar-refractivity contribution in [3.63, 3.8) is 0 Å². The Labute approximate surface area is 81.0 Å². The van der Waals surface area contributed by atoms with Crippen molar-refractivity contribution < 1.29 is 10.2 Å². The van der Waals surface area contributed by atoms with Crippen LogP contribution in [0.3, 0.4) is 0 Å². The Balaban J connectivity index is 2.67. The second-order valence-corrected chi connectivity index (χ2v) is 5.43. The quantitative estimate of drug-likeness (QED) is 0.658. The van der Waals surface area contributed by atoms with E-state index in [-0.39, 0.29) is 5.41 Å². The molecule has 1 rings (SSSR count). The van der Waals surface area contributed by atoms with Gasteiger partial charge in [0.15, 0.2) is 0 Å². The highest BCUT2D eigenvalue weighted by atomic mass is 16.3. The minimum absolute atomic E-state index is 0.216.